The van der Waals surface area contributed by atoms with Gasteiger partial charge in [-0.25, -0.2) is 4.98 Å². The van der Waals surface area contributed by atoms with Crippen LogP contribution >= 0.6 is 11.8 Å². The first kappa shape index (κ1) is 13.2. The summed E-state index contributed by atoms with van der Waals surface area (Å²) in [6.07, 6.45) is 6.44. The molecule has 0 aliphatic rings. The molecule has 2 heterocycles. The molecule has 0 aliphatic heterocycles. The number of ether oxygens (including phenoxy) is 1. The Balaban J connectivity index is 2.36. The Morgan fingerprint density at radius 1 is 1.50 bits per heavy atom. The van der Waals surface area contributed by atoms with E-state index in [0.29, 0.717) is 0 Å². The molecule has 2 aromatic rings. The minimum absolute atomic E-state index is 0.0315. The summed E-state index contributed by atoms with van der Waals surface area (Å²) >= 11 is 1.71. The van der Waals surface area contributed by atoms with Crippen LogP contribution in [0.5, 0.6) is 5.75 Å². The van der Waals surface area contributed by atoms with Gasteiger partial charge in [-0.3, -0.25) is 0 Å². The summed E-state index contributed by atoms with van der Waals surface area (Å²) in [4.78, 5) is 5.29. The van der Waals surface area contributed by atoms with Gasteiger partial charge in [0.1, 0.15) is 11.4 Å². The second-order valence-electron chi connectivity index (χ2n) is 4.73. The summed E-state index contributed by atoms with van der Waals surface area (Å²) < 4.78 is 7.35. The van der Waals surface area contributed by atoms with E-state index in [0.717, 1.165) is 22.7 Å². The van der Waals surface area contributed by atoms with E-state index in [1.54, 1.807) is 25.1 Å². The van der Waals surface area contributed by atoms with Crippen molar-refractivity contribution in [3.05, 3.63) is 24.7 Å². The Kier molecular flexibility index (Phi) is 3.82. The summed E-state index contributed by atoms with van der Waals surface area (Å²) in [5.41, 5.74) is 0.871. The van der Waals surface area contributed by atoms with Crippen molar-refractivity contribution in [2.75, 3.05) is 13.7 Å². The molecule has 18 heavy (non-hydrogen) atoms. The smallest absolute Gasteiger partial charge is 0.140 e. The van der Waals surface area contributed by atoms with Crippen molar-refractivity contribution in [2.24, 2.45) is 0 Å². The van der Waals surface area contributed by atoms with Gasteiger partial charge in [0, 0.05) is 36.0 Å². The van der Waals surface area contributed by atoms with E-state index in [-0.39, 0.29) is 11.4 Å². The summed E-state index contributed by atoms with van der Waals surface area (Å²) in [7, 11) is 1.66. The van der Waals surface area contributed by atoms with Crippen LogP contribution in [0.15, 0.2) is 29.6 Å². The number of fused-ring (bicyclic) bond motifs is 1. The lowest BCUT2D eigenvalue weighted by molar-refractivity contribution is 0.275. The van der Waals surface area contributed by atoms with E-state index in [2.05, 4.69) is 18.8 Å². The highest BCUT2D eigenvalue weighted by Gasteiger charge is 2.21. The van der Waals surface area contributed by atoms with Crippen molar-refractivity contribution >= 4 is 17.4 Å². The molecule has 0 fully saturated rings. The fourth-order valence-electron chi connectivity index (χ4n) is 1.78. The molecule has 0 bridgehead atoms. The van der Waals surface area contributed by atoms with E-state index in [1.807, 2.05) is 22.9 Å². The molecule has 0 atom stereocenters. The molecule has 0 saturated carbocycles. The molecule has 0 amide bonds. The average Bonchev–Trinajstić information content (AvgIpc) is 2.74. The van der Waals surface area contributed by atoms with Crippen LogP contribution in [0.3, 0.4) is 0 Å². The molecule has 4 nitrogen and oxygen atoms in total. The van der Waals surface area contributed by atoms with Crippen LogP contribution in [-0.2, 0) is 0 Å². The Bertz CT molecular complexity index is 537. The van der Waals surface area contributed by atoms with E-state index in [4.69, 9.17) is 9.84 Å². The van der Waals surface area contributed by atoms with Crippen molar-refractivity contribution < 1.29 is 9.84 Å². The first-order valence-electron chi connectivity index (χ1n) is 5.86. The van der Waals surface area contributed by atoms with Crippen molar-refractivity contribution in [1.82, 2.24) is 9.38 Å². The fourth-order valence-corrected chi connectivity index (χ4v) is 2.98. The van der Waals surface area contributed by atoms with Gasteiger partial charge < -0.3 is 14.2 Å². The van der Waals surface area contributed by atoms with Gasteiger partial charge in [-0.2, -0.15) is 0 Å². The molecular formula is C13H18N2O2S. The van der Waals surface area contributed by atoms with E-state index in [9.17, 15) is 0 Å². The molecule has 2 rings (SSSR count). The minimum atomic E-state index is -0.0315. The molecule has 98 valence electrons. The van der Waals surface area contributed by atoms with Crippen LogP contribution in [0, 0.1) is 0 Å². The van der Waals surface area contributed by atoms with Crippen LogP contribution in [0.25, 0.3) is 5.65 Å². The number of nitrogens with zero attached hydrogens (tertiary/aromatic N) is 2. The van der Waals surface area contributed by atoms with Gasteiger partial charge in [0.05, 0.1) is 12.0 Å². The van der Waals surface area contributed by atoms with Crippen LogP contribution in [0.4, 0.5) is 0 Å². The van der Waals surface area contributed by atoms with Crippen LogP contribution in [0.2, 0.25) is 0 Å². The maximum atomic E-state index is 9.09. The summed E-state index contributed by atoms with van der Waals surface area (Å²) in [6.45, 7) is 4.42. The third-order valence-electron chi connectivity index (χ3n) is 2.78. The zero-order chi connectivity index (χ0) is 13.2. The fraction of sp³-hybridized carbons (Fsp3) is 0.462. The molecule has 0 aliphatic carbocycles. The Labute approximate surface area is 111 Å². The van der Waals surface area contributed by atoms with E-state index < -0.39 is 0 Å². The predicted molar refractivity (Wildman–Crippen MR) is 73.4 cm³/mol. The molecule has 2 aromatic heterocycles. The largest absolute Gasteiger partial charge is 0.495 e. The summed E-state index contributed by atoms with van der Waals surface area (Å²) in [5.74, 6) is 0.824. The number of aliphatic hydroxyl groups excluding tert-OH is 1. The predicted octanol–water partition coefficient (Wildman–Crippen LogP) is 2.60. The number of hydrogen-bond acceptors (Lipinski definition) is 4. The highest BCUT2D eigenvalue weighted by atomic mass is 32.2. The number of pyridine rings is 1. The first-order chi connectivity index (χ1) is 8.55. The third kappa shape index (κ3) is 2.79. The van der Waals surface area contributed by atoms with Crippen molar-refractivity contribution in [3.8, 4) is 5.75 Å². The summed E-state index contributed by atoms with van der Waals surface area (Å²) in [5, 5.41) is 9.09. The normalized spacial score (nSPS) is 12.0. The first-order valence-corrected chi connectivity index (χ1v) is 6.68. The Hall–Kier alpha value is -1.20. The van der Waals surface area contributed by atoms with E-state index in [1.165, 1.54) is 0 Å². The molecule has 5 heteroatoms. The lowest BCUT2D eigenvalue weighted by Crippen LogP contribution is -2.16. The molecule has 0 spiro atoms. The van der Waals surface area contributed by atoms with Crippen molar-refractivity contribution in [2.45, 2.75) is 29.9 Å². The summed E-state index contributed by atoms with van der Waals surface area (Å²) in [6, 6.07) is 1.93. The Morgan fingerprint density at radius 2 is 2.28 bits per heavy atom. The second kappa shape index (κ2) is 5.20. The van der Waals surface area contributed by atoms with Gasteiger partial charge in [-0.15, -0.1) is 11.8 Å². The lowest BCUT2D eigenvalue weighted by Gasteiger charge is -2.23. The highest BCUT2D eigenvalue weighted by Crippen LogP contribution is 2.40. The molecule has 0 saturated heterocycles. The topological polar surface area (TPSA) is 46.8 Å². The SMILES string of the molecule is COc1cc2nccn2cc1SC(C)(C)CCO. The lowest BCUT2D eigenvalue weighted by atomic mass is 10.1. The third-order valence-corrected chi connectivity index (χ3v) is 4.06. The van der Waals surface area contributed by atoms with Crippen molar-refractivity contribution in [1.29, 1.82) is 0 Å². The number of aromatic nitrogens is 2. The number of imidazole rings is 1. The molecule has 0 radical (unpaired) electrons. The van der Waals surface area contributed by atoms with Gasteiger partial charge in [0.25, 0.3) is 0 Å². The number of methoxy groups -OCH3 is 1. The molecular weight excluding hydrogens is 248 g/mol. The highest BCUT2D eigenvalue weighted by molar-refractivity contribution is 8.00. The molecule has 0 unspecified atom stereocenters. The zero-order valence-corrected chi connectivity index (χ0v) is 11.7. The van der Waals surface area contributed by atoms with Crippen LogP contribution < -0.4 is 4.74 Å². The maximum Gasteiger partial charge on any atom is 0.140 e. The minimum Gasteiger partial charge on any atom is -0.495 e. The van der Waals surface area contributed by atoms with Crippen LogP contribution in [-0.4, -0.2) is 33.0 Å². The van der Waals surface area contributed by atoms with Gasteiger partial charge in [-0.1, -0.05) is 13.8 Å². The van der Waals surface area contributed by atoms with E-state index >= 15 is 0 Å². The molecule has 1 N–H and O–H groups in total. The van der Waals surface area contributed by atoms with Gasteiger partial charge >= 0.3 is 0 Å². The monoisotopic (exact) mass is 266 g/mol. The van der Waals surface area contributed by atoms with Crippen LogP contribution in [0.1, 0.15) is 20.3 Å². The standard InChI is InChI=1S/C13H18N2O2S/c1-13(2,4-7-16)18-11-9-15-6-5-14-12(15)8-10(11)17-3/h5-6,8-9,16H,4,7H2,1-3H3. The maximum absolute atomic E-state index is 9.09. The Morgan fingerprint density at radius 3 is 2.94 bits per heavy atom. The number of hydrogen-bond donors (Lipinski definition) is 1. The number of thioether (sulfide) groups is 1. The number of aliphatic hydroxyl groups is 1. The quantitative estimate of drug-likeness (QED) is 0.845. The van der Waals surface area contributed by atoms with Gasteiger partial charge in [-0.05, 0) is 6.42 Å². The van der Waals surface area contributed by atoms with Gasteiger partial charge in [0.15, 0.2) is 0 Å². The number of rotatable bonds is 5. The van der Waals surface area contributed by atoms with Gasteiger partial charge in [0.2, 0.25) is 0 Å². The second-order valence-corrected chi connectivity index (χ2v) is 6.48. The van der Waals surface area contributed by atoms with Crippen molar-refractivity contribution in [3.63, 3.8) is 0 Å². The molecule has 0 aromatic carbocycles. The average molecular weight is 266 g/mol. The zero-order valence-electron chi connectivity index (χ0n) is 10.9.